The number of hydrogen-bond acceptors (Lipinski definition) is 2. The third-order valence-corrected chi connectivity index (χ3v) is 4.85. The molecule has 3 heteroatoms. The van der Waals surface area contributed by atoms with E-state index in [1.54, 1.807) is 43.3 Å². The summed E-state index contributed by atoms with van der Waals surface area (Å²) < 4.78 is 24.5. The summed E-state index contributed by atoms with van der Waals surface area (Å²) in [5.41, 5.74) is -0.0898. The number of sulfone groups is 1. The van der Waals surface area contributed by atoms with Crippen molar-refractivity contribution in [3.63, 3.8) is 0 Å². The molecule has 0 fully saturated rings. The molecule has 2 nitrogen and oxygen atoms in total. The molecule has 98 valence electrons. The van der Waals surface area contributed by atoms with Crippen LogP contribution in [0.4, 0.5) is 0 Å². The van der Waals surface area contributed by atoms with E-state index in [2.05, 4.69) is 6.58 Å². The molecule has 1 rings (SSSR count). The van der Waals surface area contributed by atoms with Crippen molar-refractivity contribution in [3.05, 3.63) is 54.0 Å². The van der Waals surface area contributed by atoms with E-state index >= 15 is 0 Å². The minimum absolute atomic E-state index is 0.0898. The molecule has 0 saturated heterocycles. The van der Waals surface area contributed by atoms with Crippen LogP contribution in [0.15, 0.2) is 58.9 Å². The Hall–Kier alpha value is -1.35. The van der Waals surface area contributed by atoms with Crippen LogP contribution >= 0.6 is 0 Å². The van der Waals surface area contributed by atoms with Crippen molar-refractivity contribution in [2.75, 3.05) is 0 Å². The van der Waals surface area contributed by atoms with Gasteiger partial charge in [0.25, 0.3) is 0 Å². The molecule has 0 radical (unpaired) electrons. The summed E-state index contributed by atoms with van der Waals surface area (Å²) in [6, 6.07) is 8.50. The SMILES string of the molecule is C=CC(C)(C)CC=C(C)S(=O)(=O)c1ccccc1. The molecule has 0 unspecified atom stereocenters. The normalized spacial score (nSPS) is 13.4. The minimum atomic E-state index is -3.34. The molecule has 1 aromatic carbocycles. The Kier molecular flexibility index (Phi) is 4.52. The van der Waals surface area contributed by atoms with Gasteiger partial charge >= 0.3 is 0 Å². The summed E-state index contributed by atoms with van der Waals surface area (Å²) >= 11 is 0. The minimum Gasteiger partial charge on any atom is -0.219 e. The van der Waals surface area contributed by atoms with Crippen LogP contribution in [0.25, 0.3) is 0 Å². The second-order valence-corrected chi connectivity index (χ2v) is 7.15. The Balaban J connectivity index is 3.00. The van der Waals surface area contributed by atoms with Crippen LogP contribution in [0.5, 0.6) is 0 Å². The fraction of sp³-hybridized carbons (Fsp3) is 0.333. The van der Waals surface area contributed by atoms with Gasteiger partial charge < -0.3 is 0 Å². The predicted octanol–water partition coefficient (Wildman–Crippen LogP) is 3.97. The third-order valence-electron chi connectivity index (χ3n) is 2.95. The van der Waals surface area contributed by atoms with Crippen molar-refractivity contribution >= 4 is 9.84 Å². The van der Waals surface area contributed by atoms with Crippen LogP contribution in [-0.4, -0.2) is 8.42 Å². The zero-order valence-electron chi connectivity index (χ0n) is 11.2. The largest absolute Gasteiger partial charge is 0.219 e. The molecule has 0 aliphatic heterocycles. The lowest BCUT2D eigenvalue weighted by Gasteiger charge is -2.17. The highest BCUT2D eigenvalue weighted by Crippen LogP contribution is 2.25. The van der Waals surface area contributed by atoms with Crippen LogP contribution in [0.3, 0.4) is 0 Å². The van der Waals surface area contributed by atoms with Gasteiger partial charge in [-0.2, -0.15) is 0 Å². The zero-order chi connectivity index (χ0) is 13.8. The predicted molar refractivity (Wildman–Crippen MR) is 76.0 cm³/mol. The van der Waals surface area contributed by atoms with E-state index in [0.29, 0.717) is 16.2 Å². The average molecular weight is 264 g/mol. The fourth-order valence-corrected chi connectivity index (χ4v) is 2.58. The fourth-order valence-electron chi connectivity index (χ4n) is 1.39. The van der Waals surface area contributed by atoms with Crippen LogP contribution in [0, 0.1) is 5.41 Å². The second-order valence-electron chi connectivity index (χ2n) is 5.03. The molecular formula is C15H20O2S. The van der Waals surface area contributed by atoms with E-state index in [9.17, 15) is 8.42 Å². The highest BCUT2D eigenvalue weighted by atomic mass is 32.2. The monoisotopic (exact) mass is 264 g/mol. The van der Waals surface area contributed by atoms with E-state index in [0.717, 1.165) is 0 Å². The van der Waals surface area contributed by atoms with Gasteiger partial charge in [0.15, 0.2) is 0 Å². The maximum Gasteiger partial charge on any atom is 0.202 e. The lowest BCUT2D eigenvalue weighted by Crippen LogP contribution is -2.07. The first-order chi connectivity index (χ1) is 8.29. The summed E-state index contributed by atoms with van der Waals surface area (Å²) in [5, 5.41) is 0. The summed E-state index contributed by atoms with van der Waals surface area (Å²) in [5.74, 6) is 0. The Morgan fingerprint density at radius 1 is 1.28 bits per heavy atom. The smallest absolute Gasteiger partial charge is 0.202 e. The molecule has 0 aromatic heterocycles. The Labute approximate surface area is 110 Å². The Morgan fingerprint density at radius 3 is 2.33 bits per heavy atom. The molecule has 0 aliphatic carbocycles. The van der Waals surface area contributed by atoms with Gasteiger partial charge in [0.2, 0.25) is 9.84 Å². The van der Waals surface area contributed by atoms with Gasteiger partial charge in [-0.3, -0.25) is 0 Å². The van der Waals surface area contributed by atoms with Crippen molar-refractivity contribution in [1.82, 2.24) is 0 Å². The molecular weight excluding hydrogens is 244 g/mol. The maximum atomic E-state index is 12.2. The summed E-state index contributed by atoms with van der Waals surface area (Å²) in [4.78, 5) is 0.735. The van der Waals surface area contributed by atoms with Crippen LogP contribution in [0.1, 0.15) is 27.2 Å². The maximum absolute atomic E-state index is 12.2. The summed E-state index contributed by atoms with van der Waals surface area (Å²) in [7, 11) is -3.34. The molecule has 0 atom stereocenters. The Morgan fingerprint density at radius 2 is 1.83 bits per heavy atom. The third kappa shape index (κ3) is 3.57. The molecule has 1 aromatic rings. The van der Waals surface area contributed by atoms with Crippen molar-refractivity contribution in [3.8, 4) is 0 Å². The van der Waals surface area contributed by atoms with Crippen LogP contribution < -0.4 is 0 Å². The number of hydrogen-bond donors (Lipinski definition) is 0. The lowest BCUT2D eigenvalue weighted by atomic mass is 9.90. The van der Waals surface area contributed by atoms with Gasteiger partial charge in [-0.1, -0.05) is 44.2 Å². The van der Waals surface area contributed by atoms with Gasteiger partial charge in [-0.25, -0.2) is 8.42 Å². The molecule has 0 N–H and O–H groups in total. The first-order valence-electron chi connectivity index (χ1n) is 5.90. The first kappa shape index (κ1) is 14.7. The van der Waals surface area contributed by atoms with E-state index in [-0.39, 0.29) is 5.41 Å². The van der Waals surface area contributed by atoms with Crippen molar-refractivity contribution in [1.29, 1.82) is 0 Å². The van der Waals surface area contributed by atoms with Gasteiger partial charge in [0, 0.05) is 4.91 Å². The zero-order valence-corrected chi connectivity index (χ0v) is 12.0. The number of rotatable bonds is 5. The summed E-state index contributed by atoms with van der Waals surface area (Å²) in [6.45, 7) is 9.45. The van der Waals surface area contributed by atoms with Gasteiger partial charge in [0.05, 0.1) is 4.90 Å². The molecule has 0 aliphatic rings. The van der Waals surface area contributed by atoms with Crippen LogP contribution in [-0.2, 0) is 9.84 Å². The van der Waals surface area contributed by atoms with Gasteiger partial charge in [-0.05, 0) is 30.9 Å². The number of allylic oxidation sites excluding steroid dienone is 3. The number of benzene rings is 1. The van der Waals surface area contributed by atoms with E-state index in [4.69, 9.17) is 0 Å². The summed E-state index contributed by atoms with van der Waals surface area (Å²) in [6.07, 6.45) is 4.27. The quantitative estimate of drug-likeness (QED) is 0.754. The highest BCUT2D eigenvalue weighted by Gasteiger charge is 2.18. The van der Waals surface area contributed by atoms with Crippen molar-refractivity contribution in [2.45, 2.75) is 32.1 Å². The second kappa shape index (κ2) is 5.53. The molecule has 0 amide bonds. The molecule has 18 heavy (non-hydrogen) atoms. The van der Waals surface area contributed by atoms with Crippen molar-refractivity contribution in [2.24, 2.45) is 5.41 Å². The van der Waals surface area contributed by atoms with E-state index < -0.39 is 9.84 Å². The standard InChI is InChI=1S/C15H20O2S/c1-5-15(3,4)12-11-13(2)18(16,17)14-9-7-6-8-10-14/h5-11H,1,12H2,2-4H3. The topological polar surface area (TPSA) is 34.1 Å². The van der Waals surface area contributed by atoms with Crippen molar-refractivity contribution < 1.29 is 8.42 Å². The lowest BCUT2D eigenvalue weighted by molar-refractivity contribution is 0.489. The van der Waals surface area contributed by atoms with Gasteiger partial charge in [0.1, 0.15) is 0 Å². The molecule has 0 heterocycles. The Bertz CT molecular complexity index is 537. The molecule has 0 spiro atoms. The molecule has 0 bridgehead atoms. The highest BCUT2D eigenvalue weighted by molar-refractivity contribution is 7.95. The first-order valence-corrected chi connectivity index (χ1v) is 7.38. The van der Waals surface area contributed by atoms with E-state index in [1.165, 1.54) is 0 Å². The average Bonchev–Trinajstić information content (AvgIpc) is 2.37. The van der Waals surface area contributed by atoms with Crippen LogP contribution in [0.2, 0.25) is 0 Å². The van der Waals surface area contributed by atoms with Gasteiger partial charge in [-0.15, -0.1) is 6.58 Å². The van der Waals surface area contributed by atoms with E-state index in [1.807, 2.05) is 19.9 Å². The molecule has 0 saturated carbocycles.